The first-order valence-electron chi connectivity index (χ1n) is 10.3. The summed E-state index contributed by atoms with van der Waals surface area (Å²) in [4.78, 5) is 14.8. The van der Waals surface area contributed by atoms with Crippen molar-refractivity contribution in [3.05, 3.63) is 71.1 Å². The molecule has 1 aliphatic rings. The van der Waals surface area contributed by atoms with Crippen molar-refractivity contribution >= 4 is 44.3 Å². The maximum atomic E-state index is 12.5. The highest BCUT2D eigenvalue weighted by Gasteiger charge is 2.16. The molecule has 1 aromatic heterocycles. The van der Waals surface area contributed by atoms with Crippen LogP contribution in [-0.4, -0.2) is 40.6 Å². The number of nitrogens with zero attached hydrogens (tertiary/aromatic N) is 1. The number of ether oxygens (including phenoxy) is 1. The van der Waals surface area contributed by atoms with Crippen LogP contribution in [0.3, 0.4) is 0 Å². The molecule has 0 aliphatic carbocycles. The number of hydrogen-bond donors (Lipinski definition) is 2. The van der Waals surface area contributed by atoms with Crippen molar-refractivity contribution in [3.8, 4) is 0 Å². The quantitative estimate of drug-likeness (QED) is 0.546. The van der Waals surface area contributed by atoms with Gasteiger partial charge in [-0.3, -0.25) is 9.52 Å². The summed E-state index contributed by atoms with van der Waals surface area (Å²) in [6.07, 6.45) is 0.197. The third kappa shape index (κ3) is 5.48. The Kier molecular flexibility index (Phi) is 6.78. The largest absolute Gasteiger partial charge is 0.378 e. The fourth-order valence-corrected chi connectivity index (χ4v) is 5.55. The van der Waals surface area contributed by atoms with Crippen LogP contribution in [0.1, 0.15) is 11.1 Å². The second-order valence-electron chi connectivity index (χ2n) is 7.56. The topological polar surface area (TPSA) is 87.7 Å². The Hall–Kier alpha value is -2.88. The van der Waals surface area contributed by atoms with E-state index >= 15 is 0 Å². The number of nitrogens with one attached hydrogen (secondary N) is 2. The molecule has 0 radical (unpaired) electrons. The minimum atomic E-state index is -3.58. The summed E-state index contributed by atoms with van der Waals surface area (Å²) in [6, 6.07) is 16.1. The van der Waals surface area contributed by atoms with Crippen LogP contribution in [0.15, 0.2) is 64.2 Å². The van der Waals surface area contributed by atoms with Gasteiger partial charge in [-0.2, -0.15) is 0 Å². The molecular formula is C23H25N3O4S2. The van der Waals surface area contributed by atoms with Crippen LogP contribution in [0.5, 0.6) is 0 Å². The summed E-state index contributed by atoms with van der Waals surface area (Å²) < 4.78 is 32.8. The van der Waals surface area contributed by atoms with Gasteiger partial charge >= 0.3 is 0 Å². The summed E-state index contributed by atoms with van der Waals surface area (Å²) in [5.41, 5.74) is 4.17. The van der Waals surface area contributed by atoms with Crippen LogP contribution < -0.4 is 14.9 Å². The Balaban J connectivity index is 1.35. The van der Waals surface area contributed by atoms with E-state index in [-0.39, 0.29) is 16.5 Å². The Bertz CT molecular complexity index is 1170. The number of aryl methyl sites for hydroxylation is 1. The van der Waals surface area contributed by atoms with Gasteiger partial charge in [-0.25, -0.2) is 8.42 Å². The summed E-state index contributed by atoms with van der Waals surface area (Å²) in [6.45, 7) is 5.17. The van der Waals surface area contributed by atoms with Gasteiger partial charge in [-0.1, -0.05) is 18.2 Å². The lowest BCUT2D eigenvalue weighted by atomic mass is 10.1. The van der Waals surface area contributed by atoms with Gasteiger partial charge in [0.2, 0.25) is 5.91 Å². The molecular weight excluding hydrogens is 446 g/mol. The van der Waals surface area contributed by atoms with Crippen LogP contribution >= 0.6 is 11.3 Å². The molecule has 4 rings (SSSR count). The van der Waals surface area contributed by atoms with E-state index in [1.54, 1.807) is 41.8 Å². The first kappa shape index (κ1) is 22.3. The number of rotatable bonds is 7. The van der Waals surface area contributed by atoms with E-state index in [1.807, 2.05) is 19.1 Å². The van der Waals surface area contributed by atoms with Crippen molar-refractivity contribution in [3.63, 3.8) is 0 Å². The fraction of sp³-hybridized carbons (Fsp3) is 0.261. The lowest BCUT2D eigenvalue weighted by Crippen LogP contribution is -2.36. The zero-order valence-corrected chi connectivity index (χ0v) is 19.3. The number of thiophene rings is 1. The van der Waals surface area contributed by atoms with Crippen molar-refractivity contribution in [1.82, 2.24) is 0 Å². The zero-order chi connectivity index (χ0) is 22.6. The average Bonchev–Trinajstić information content (AvgIpc) is 3.33. The lowest BCUT2D eigenvalue weighted by molar-refractivity contribution is -0.115. The SMILES string of the molecule is Cc1cc(N2CCOCC2)ccc1NC(=O)Cc1ccc(NS(=O)(=O)c2cccs2)cc1. The van der Waals surface area contributed by atoms with E-state index in [4.69, 9.17) is 4.74 Å². The predicted molar refractivity (Wildman–Crippen MR) is 128 cm³/mol. The zero-order valence-electron chi connectivity index (χ0n) is 17.7. The maximum absolute atomic E-state index is 12.5. The first-order valence-corrected chi connectivity index (χ1v) is 12.7. The normalized spacial score (nSPS) is 14.2. The predicted octanol–water partition coefficient (Wildman–Crippen LogP) is 3.88. The van der Waals surface area contributed by atoms with Crippen LogP contribution in [0.25, 0.3) is 0 Å². The lowest BCUT2D eigenvalue weighted by Gasteiger charge is -2.29. The summed E-state index contributed by atoms with van der Waals surface area (Å²) >= 11 is 1.16. The second kappa shape index (κ2) is 9.72. The van der Waals surface area contributed by atoms with Gasteiger partial charge in [-0.15, -0.1) is 11.3 Å². The summed E-state index contributed by atoms with van der Waals surface area (Å²) in [7, 11) is -3.58. The Labute approximate surface area is 192 Å². The monoisotopic (exact) mass is 471 g/mol. The molecule has 0 unspecified atom stereocenters. The molecule has 7 nitrogen and oxygen atoms in total. The van der Waals surface area contributed by atoms with Crippen LogP contribution in [0.2, 0.25) is 0 Å². The first-order chi connectivity index (χ1) is 15.4. The number of hydrogen-bond acceptors (Lipinski definition) is 6. The van der Waals surface area contributed by atoms with Crippen LogP contribution in [-0.2, 0) is 26.0 Å². The van der Waals surface area contributed by atoms with Crippen molar-refractivity contribution in [2.45, 2.75) is 17.6 Å². The number of carbonyl (C=O) groups is 1. The number of benzene rings is 2. The Morgan fingerprint density at radius 3 is 2.50 bits per heavy atom. The highest BCUT2D eigenvalue weighted by Crippen LogP contribution is 2.24. The van der Waals surface area contributed by atoms with Gasteiger partial charge in [0.15, 0.2) is 0 Å². The van der Waals surface area contributed by atoms with Gasteiger partial charge < -0.3 is 15.0 Å². The van der Waals surface area contributed by atoms with E-state index in [0.717, 1.165) is 60.1 Å². The molecule has 9 heteroatoms. The molecule has 2 N–H and O–H groups in total. The highest BCUT2D eigenvalue weighted by molar-refractivity contribution is 7.94. The number of amides is 1. The van der Waals surface area contributed by atoms with E-state index in [2.05, 4.69) is 21.0 Å². The molecule has 32 heavy (non-hydrogen) atoms. The molecule has 2 heterocycles. The van der Waals surface area contributed by atoms with E-state index < -0.39 is 10.0 Å². The molecule has 0 saturated carbocycles. The standard InChI is InChI=1S/C23H25N3O4S2/c1-17-15-20(26-10-12-30-13-11-26)8-9-21(17)24-22(27)16-18-4-6-19(7-5-18)25-32(28,29)23-3-2-14-31-23/h2-9,14-15,25H,10-13,16H2,1H3,(H,24,27). The van der Waals surface area contributed by atoms with E-state index in [0.29, 0.717) is 5.69 Å². The Morgan fingerprint density at radius 2 is 1.84 bits per heavy atom. The number of carbonyl (C=O) groups excluding carboxylic acids is 1. The second-order valence-corrected chi connectivity index (χ2v) is 10.4. The molecule has 1 amide bonds. The van der Waals surface area contributed by atoms with E-state index in [1.165, 1.54) is 0 Å². The molecule has 1 saturated heterocycles. The van der Waals surface area contributed by atoms with E-state index in [9.17, 15) is 13.2 Å². The van der Waals surface area contributed by atoms with Gasteiger partial charge in [0.25, 0.3) is 10.0 Å². The third-order valence-corrected chi connectivity index (χ3v) is 7.97. The molecule has 0 bridgehead atoms. The molecule has 0 atom stereocenters. The molecule has 1 aliphatic heterocycles. The third-order valence-electron chi connectivity index (χ3n) is 5.19. The van der Waals surface area contributed by atoms with Gasteiger partial charge in [-0.05, 0) is 59.8 Å². The van der Waals surface area contributed by atoms with Crippen molar-refractivity contribution in [2.24, 2.45) is 0 Å². The Morgan fingerprint density at radius 1 is 1.09 bits per heavy atom. The minimum Gasteiger partial charge on any atom is -0.378 e. The smallest absolute Gasteiger partial charge is 0.271 e. The summed E-state index contributed by atoms with van der Waals surface area (Å²) in [5, 5.41) is 4.68. The van der Waals surface area contributed by atoms with Crippen LogP contribution in [0, 0.1) is 6.92 Å². The van der Waals surface area contributed by atoms with Gasteiger partial charge in [0, 0.05) is 30.2 Å². The van der Waals surface area contributed by atoms with Gasteiger partial charge in [0.05, 0.1) is 19.6 Å². The number of morpholine rings is 1. The van der Waals surface area contributed by atoms with Crippen LogP contribution in [0.4, 0.5) is 17.1 Å². The molecule has 1 fully saturated rings. The molecule has 3 aromatic rings. The van der Waals surface area contributed by atoms with Crippen molar-refractivity contribution < 1.29 is 17.9 Å². The van der Waals surface area contributed by atoms with Gasteiger partial charge in [0.1, 0.15) is 4.21 Å². The molecule has 168 valence electrons. The molecule has 2 aromatic carbocycles. The van der Waals surface area contributed by atoms with Crippen molar-refractivity contribution in [2.75, 3.05) is 41.2 Å². The minimum absolute atomic E-state index is 0.126. The number of sulfonamides is 1. The fourth-order valence-electron chi connectivity index (χ4n) is 3.50. The summed E-state index contributed by atoms with van der Waals surface area (Å²) in [5.74, 6) is -0.126. The molecule has 0 spiro atoms. The number of anilines is 3. The van der Waals surface area contributed by atoms with Crippen molar-refractivity contribution in [1.29, 1.82) is 0 Å². The highest BCUT2D eigenvalue weighted by atomic mass is 32.2. The maximum Gasteiger partial charge on any atom is 0.271 e. The average molecular weight is 472 g/mol.